The van der Waals surface area contributed by atoms with Crippen molar-refractivity contribution in [3.8, 4) is 0 Å². The highest BCUT2D eigenvalue weighted by Crippen LogP contribution is 2.10. The van der Waals surface area contributed by atoms with Gasteiger partial charge < -0.3 is 15.0 Å². The summed E-state index contributed by atoms with van der Waals surface area (Å²) in [5.41, 5.74) is 9.21. The van der Waals surface area contributed by atoms with Crippen LogP contribution in [0, 0.1) is 6.92 Å². The number of pyridine rings is 1. The van der Waals surface area contributed by atoms with Gasteiger partial charge in [0.1, 0.15) is 5.65 Å². The molecule has 0 atom stereocenters. The van der Waals surface area contributed by atoms with Gasteiger partial charge in [-0.25, -0.2) is 4.98 Å². The summed E-state index contributed by atoms with van der Waals surface area (Å²) in [7, 11) is 0. The minimum Gasteiger partial charge on any atom is -0.370 e. The van der Waals surface area contributed by atoms with Crippen molar-refractivity contribution in [2.45, 2.75) is 27.2 Å². The third kappa shape index (κ3) is 4.33. The number of fused-ring (bicyclic) bond motifs is 1. The SMILES string of the molecule is CCN(CC)C(N)=NCCc1cn2cccc(C)c2n1.I. The van der Waals surface area contributed by atoms with Gasteiger partial charge in [-0.2, -0.15) is 0 Å². The van der Waals surface area contributed by atoms with Gasteiger partial charge in [0.2, 0.25) is 0 Å². The van der Waals surface area contributed by atoms with Crippen molar-refractivity contribution in [3.05, 3.63) is 35.8 Å². The first-order valence-electron chi connectivity index (χ1n) is 7.13. The van der Waals surface area contributed by atoms with Crippen molar-refractivity contribution < 1.29 is 0 Å². The van der Waals surface area contributed by atoms with Gasteiger partial charge >= 0.3 is 0 Å². The fourth-order valence-corrected chi connectivity index (χ4v) is 2.26. The number of aromatic nitrogens is 2. The minimum atomic E-state index is 0. The molecular formula is C15H24IN5. The van der Waals surface area contributed by atoms with Crippen LogP contribution in [-0.4, -0.2) is 39.9 Å². The largest absolute Gasteiger partial charge is 0.370 e. The Hall–Kier alpha value is -1.31. The molecule has 0 aliphatic heterocycles. The van der Waals surface area contributed by atoms with Gasteiger partial charge in [-0.05, 0) is 32.4 Å². The predicted octanol–water partition coefficient (Wildman–Crippen LogP) is 2.46. The first kappa shape index (κ1) is 17.7. The first-order chi connectivity index (χ1) is 9.65. The first-order valence-corrected chi connectivity index (χ1v) is 7.13. The number of guanidine groups is 1. The Labute approximate surface area is 143 Å². The van der Waals surface area contributed by atoms with E-state index in [0.717, 1.165) is 30.9 Å². The van der Waals surface area contributed by atoms with Gasteiger partial charge in [0.05, 0.1) is 5.69 Å². The molecule has 0 saturated carbocycles. The molecule has 2 aromatic rings. The zero-order chi connectivity index (χ0) is 14.5. The number of halogens is 1. The Morgan fingerprint density at radius 2 is 2.10 bits per heavy atom. The fraction of sp³-hybridized carbons (Fsp3) is 0.467. The van der Waals surface area contributed by atoms with Crippen LogP contribution in [0.4, 0.5) is 0 Å². The normalized spacial score (nSPS) is 11.5. The molecule has 0 aliphatic carbocycles. The molecule has 0 radical (unpaired) electrons. The van der Waals surface area contributed by atoms with Crippen LogP contribution < -0.4 is 5.73 Å². The molecule has 0 aromatic carbocycles. The van der Waals surface area contributed by atoms with Gasteiger partial charge in [-0.3, -0.25) is 4.99 Å². The number of nitrogens with zero attached hydrogens (tertiary/aromatic N) is 4. The van der Waals surface area contributed by atoms with E-state index >= 15 is 0 Å². The lowest BCUT2D eigenvalue weighted by Gasteiger charge is -2.19. The molecule has 2 aromatic heterocycles. The number of nitrogens with two attached hydrogens (primary N) is 1. The number of hydrogen-bond donors (Lipinski definition) is 1. The maximum atomic E-state index is 5.95. The van der Waals surface area contributed by atoms with Crippen LogP contribution in [0.1, 0.15) is 25.1 Å². The maximum absolute atomic E-state index is 5.95. The molecule has 0 bridgehead atoms. The van der Waals surface area contributed by atoms with Crippen LogP contribution in [0.3, 0.4) is 0 Å². The average molecular weight is 401 g/mol. The Morgan fingerprint density at radius 3 is 2.71 bits per heavy atom. The number of imidazole rings is 1. The van der Waals surface area contributed by atoms with Gasteiger partial charge in [0, 0.05) is 38.4 Å². The predicted molar refractivity (Wildman–Crippen MR) is 98.5 cm³/mol. The highest BCUT2D eigenvalue weighted by atomic mass is 127. The second-order valence-electron chi connectivity index (χ2n) is 4.82. The van der Waals surface area contributed by atoms with Crippen molar-refractivity contribution in [1.82, 2.24) is 14.3 Å². The molecule has 0 amide bonds. The van der Waals surface area contributed by atoms with Crippen LogP contribution >= 0.6 is 24.0 Å². The van der Waals surface area contributed by atoms with E-state index in [0.29, 0.717) is 12.5 Å². The molecule has 0 aliphatic rings. The summed E-state index contributed by atoms with van der Waals surface area (Å²) in [6, 6.07) is 4.10. The monoisotopic (exact) mass is 401 g/mol. The van der Waals surface area contributed by atoms with E-state index < -0.39 is 0 Å². The van der Waals surface area contributed by atoms with Gasteiger partial charge in [-0.15, -0.1) is 24.0 Å². The third-order valence-electron chi connectivity index (χ3n) is 3.46. The molecule has 21 heavy (non-hydrogen) atoms. The maximum Gasteiger partial charge on any atom is 0.191 e. The van der Waals surface area contributed by atoms with Gasteiger partial charge in [0.15, 0.2) is 5.96 Å². The highest BCUT2D eigenvalue weighted by molar-refractivity contribution is 14.0. The summed E-state index contributed by atoms with van der Waals surface area (Å²) in [6.07, 6.45) is 4.89. The van der Waals surface area contributed by atoms with Gasteiger partial charge in [0.25, 0.3) is 0 Å². The topological polar surface area (TPSA) is 58.9 Å². The molecule has 2 heterocycles. The zero-order valence-electron chi connectivity index (χ0n) is 12.9. The Morgan fingerprint density at radius 1 is 1.38 bits per heavy atom. The molecule has 0 fully saturated rings. The minimum absolute atomic E-state index is 0. The third-order valence-corrected chi connectivity index (χ3v) is 3.46. The fourth-order valence-electron chi connectivity index (χ4n) is 2.26. The molecule has 0 unspecified atom stereocenters. The molecule has 6 heteroatoms. The van der Waals surface area contributed by atoms with Crippen LogP contribution in [0.15, 0.2) is 29.5 Å². The summed E-state index contributed by atoms with van der Waals surface area (Å²) >= 11 is 0. The van der Waals surface area contributed by atoms with E-state index in [4.69, 9.17) is 5.73 Å². The lowest BCUT2D eigenvalue weighted by Crippen LogP contribution is -2.37. The number of aryl methyl sites for hydroxylation is 1. The quantitative estimate of drug-likeness (QED) is 0.476. The second-order valence-corrected chi connectivity index (χ2v) is 4.82. The Bertz CT molecular complexity index is 601. The van der Waals surface area contributed by atoms with Crippen molar-refractivity contribution >= 4 is 35.6 Å². The summed E-state index contributed by atoms with van der Waals surface area (Å²) in [4.78, 5) is 11.1. The van der Waals surface area contributed by atoms with E-state index in [1.54, 1.807) is 0 Å². The van der Waals surface area contributed by atoms with E-state index in [1.165, 1.54) is 5.56 Å². The van der Waals surface area contributed by atoms with Crippen molar-refractivity contribution in [1.29, 1.82) is 0 Å². The number of aliphatic imine (C=N–C) groups is 1. The van der Waals surface area contributed by atoms with Gasteiger partial charge in [-0.1, -0.05) is 6.07 Å². The highest BCUT2D eigenvalue weighted by Gasteiger charge is 2.04. The zero-order valence-corrected chi connectivity index (χ0v) is 15.2. The van der Waals surface area contributed by atoms with Crippen LogP contribution in [0.5, 0.6) is 0 Å². The average Bonchev–Trinajstić information content (AvgIpc) is 2.84. The van der Waals surface area contributed by atoms with Crippen LogP contribution in [-0.2, 0) is 6.42 Å². The lowest BCUT2D eigenvalue weighted by atomic mass is 10.3. The van der Waals surface area contributed by atoms with Crippen LogP contribution in [0.2, 0.25) is 0 Å². The van der Waals surface area contributed by atoms with Crippen LogP contribution in [0.25, 0.3) is 5.65 Å². The van der Waals surface area contributed by atoms with Crippen molar-refractivity contribution in [3.63, 3.8) is 0 Å². The number of rotatable bonds is 5. The van der Waals surface area contributed by atoms with E-state index in [2.05, 4.69) is 47.4 Å². The molecule has 5 nitrogen and oxygen atoms in total. The van der Waals surface area contributed by atoms with Crippen molar-refractivity contribution in [2.75, 3.05) is 19.6 Å². The summed E-state index contributed by atoms with van der Waals surface area (Å²) in [5, 5.41) is 0. The molecule has 2 N–H and O–H groups in total. The second kappa shape index (κ2) is 8.21. The molecule has 2 rings (SSSR count). The summed E-state index contributed by atoms with van der Waals surface area (Å²) in [6.45, 7) is 8.68. The standard InChI is InChI=1S/C15H23N5.HI/c1-4-19(5-2)15(16)17-9-8-13-11-20-10-6-7-12(3)14(20)18-13;/h6-7,10-11H,4-5,8-9H2,1-3H3,(H2,16,17);1H. The van der Waals surface area contributed by atoms with E-state index in [9.17, 15) is 0 Å². The van der Waals surface area contributed by atoms with E-state index in [1.807, 2.05) is 17.2 Å². The smallest absolute Gasteiger partial charge is 0.191 e. The molecule has 0 saturated heterocycles. The molecule has 116 valence electrons. The lowest BCUT2D eigenvalue weighted by molar-refractivity contribution is 0.458. The van der Waals surface area contributed by atoms with Crippen molar-refractivity contribution in [2.24, 2.45) is 10.7 Å². The summed E-state index contributed by atoms with van der Waals surface area (Å²) in [5.74, 6) is 0.620. The Kier molecular flexibility index (Phi) is 6.94. The summed E-state index contributed by atoms with van der Waals surface area (Å²) < 4.78 is 2.06. The molecule has 0 spiro atoms. The Balaban J connectivity index is 0.00000220. The number of hydrogen-bond acceptors (Lipinski definition) is 2. The van der Waals surface area contributed by atoms with E-state index in [-0.39, 0.29) is 24.0 Å². The molecular weight excluding hydrogens is 377 g/mol.